The Morgan fingerprint density at radius 1 is 1.09 bits per heavy atom. The first-order chi connectivity index (χ1) is 11.2. The number of rotatable bonds is 2. The topological polar surface area (TPSA) is 49.3 Å². The maximum atomic E-state index is 13.0. The lowest BCUT2D eigenvalue weighted by Crippen LogP contribution is -2.47. The molecule has 3 heterocycles. The Morgan fingerprint density at radius 2 is 1.83 bits per heavy atom. The van der Waals surface area contributed by atoms with Crippen molar-refractivity contribution >= 4 is 16.9 Å². The number of fused-ring (bicyclic) bond motifs is 1. The second kappa shape index (κ2) is 5.89. The number of amides is 1. The third-order valence-corrected chi connectivity index (χ3v) is 5.25. The van der Waals surface area contributed by atoms with E-state index < -0.39 is 0 Å². The highest BCUT2D eigenvalue weighted by Gasteiger charge is 2.39. The Morgan fingerprint density at radius 3 is 2.61 bits per heavy atom. The monoisotopic (exact) mass is 310 g/mol. The molecule has 0 aliphatic carbocycles. The third kappa shape index (κ3) is 2.59. The standard InChI is InChI=1S/C18H22N4O/c1-21-10-4-8-16(21)17-9-5-11-22(17)18(23)15-12-19-13-6-2-3-7-14(13)20-15/h2-3,6-7,12,16-17H,4-5,8-11H2,1H3/t16-,17+/m0/s1. The normalized spacial score (nSPS) is 25.3. The Labute approximate surface area is 136 Å². The highest BCUT2D eigenvalue weighted by atomic mass is 16.2. The first-order valence-electron chi connectivity index (χ1n) is 8.47. The van der Waals surface area contributed by atoms with Crippen molar-refractivity contribution in [3.63, 3.8) is 0 Å². The van der Waals surface area contributed by atoms with Crippen LogP contribution in [0.5, 0.6) is 0 Å². The van der Waals surface area contributed by atoms with Gasteiger partial charge >= 0.3 is 0 Å². The Bertz CT molecular complexity index is 732. The lowest BCUT2D eigenvalue weighted by molar-refractivity contribution is 0.0658. The van der Waals surface area contributed by atoms with Crippen LogP contribution in [-0.4, -0.2) is 57.9 Å². The van der Waals surface area contributed by atoms with E-state index in [2.05, 4.69) is 21.9 Å². The molecule has 0 bridgehead atoms. The van der Waals surface area contributed by atoms with Gasteiger partial charge in [0.25, 0.3) is 5.91 Å². The van der Waals surface area contributed by atoms with Gasteiger partial charge in [0.1, 0.15) is 5.69 Å². The van der Waals surface area contributed by atoms with Crippen molar-refractivity contribution in [2.45, 2.75) is 37.8 Å². The van der Waals surface area contributed by atoms with Crippen molar-refractivity contribution in [2.75, 3.05) is 20.1 Å². The van der Waals surface area contributed by atoms with Gasteiger partial charge in [-0.2, -0.15) is 0 Å². The van der Waals surface area contributed by atoms with Crippen LogP contribution in [0.4, 0.5) is 0 Å². The van der Waals surface area contributed by atoms with Crippen LogP contribution in [0.1, 0.15) is 36.2 Å². The van der Waals surface area contributed by atoms with Crippen molar-refractivity contribution in [3.8, 4) is 0 Å². The second-order valence-corrected chi connectivity index (χ2v) is 6.64. The number of carbonyl (C=O) groups excluding carboxylic acids is 1. The molecule has 2 atom stereocenters. The van der Waals surface area contributed by atoms with E-state index in [4.69, 9.17) is 0 Å². The lowest BCUT2D eigenvalue weighted by atomic mass is 10.0. The summed E-state index contributed by atoms with van der Waals surface area (Å²) in [6.45, 7) is 1.97. The molecule has 1 aromatic heterocycles. The van der Waals surface area contributed by atoms with Gasteiger partial charge in [-0.15, -0.1) is 0 Å². The maximum absolute atomic E-state index is 13.0. The molecule has 2 aliphatic heterocycles. The van der Waals surface area contributed by atoms with E-state index in [1.807, 2.05) is 29.2 Å². The Kier molecular flexibility index (Phi) is 3.73. The number of benzene rings is 1. The van der Waals surface area contributed by atoms with Crippen LogP contribution in [0.3, 0.4) is 0 Å². The van der Waals surface area contributed by atoms with E-state index >= 15 is 0 Å². The second-order valence-electron chi connectivity index (χ2n) is 6.64. The van der Waals surface area contributed by atoms with Gasteiger partial charge in [-0.1, -0.05) is 12.1 Å². The summed E-state index contributed by atoms with van der Waals surface area (Å²) in [6, 6.07) is 8.51. The lowest BCUT2D eigenvalue weighted by Gasteiger charge is -2.33. The summed E-state index contributed by atoms with van der Waals surface area (Å²) in [5.74, 6) is 0.0334. The largest absolute Gasteiger partial charge is 0.333 e. The zero-order valence-corrected chi connectivity index (χ0v) is 13.5. The third-order valence-electron chi connectivity index (χ3n) is 5.25. The summed E-state index contributed by atoms with van der Waals surface area (Å²) in [6.07, 6.45) is 6.23. The molecule has 2 saturated heterocycles. The van der Waals surface area contributed by atoms with E-state index in [0.717, 1.165) is 37.0 Å². The summed E-state index contributed by atoms with van der Waals surface area (Å²) in [5, 5.41) is 0. The van der Waals surface area contributed by atoms with Crippen molar-refractivity contribution in [2.24, 2.45) is 0 Å². The molecule has 1 amide bonds. The van der Waals surface area contributed by atoms with Gasteiger partial charge in [0.15, 0.2) is 0 Å². The van der Waals surface area contributed by atoms with Crippen LogP contribution in [-0.2, 0) is 0 Å². The molecule has 0 radical (unpaired) electrons. The fraction of sp³-hybridized carbons (Fsp3) is 0.500. The van der Waals surface area contributed by atoms with Gasteiger partial charge in [-0.05, 0) is 51.4 Å². The van der Waals surface area contributed by atoms with Crippen LogP contribution in [0.25, 0.3) is 11.0 Å². The Hall–Kier alpha value is -2.01. The molecular formula is C18H22N4O. The molecular weight excluding hydrogens is 288 g/mol. The van der Waals surface area contributed by atoms with E-state index in [0.29, 0.717) is 17.8 Å². The van der Waals surface area contributed by atoms with E-state index in [1.165, 1.54) is 12.8 Å². The van der Waals surface area contributed by atoms with Crippen molar-refractivity contribution in [3.05, 3.63) is 36.2 Å². The highest BCUT2D eigenvalue weighted by molar-refractivity contribution is 5.94. The average Bonchev–Trinajstić information content (AvgIpc) is 3.22. The minimum atomic E-state index is 0.0334. The number of hydrogen-bond acceptors (Lipinski definition) is 4. The predicted octanol–water partition coefficient (Wildman–Crippen LogP) is 2.33. The quantitative estimate of drug-likeness (QED) is 0.854. The molecule has 0 spiro atoms. The number of hydrogen-bond donors (Lipinski definition) is 0. The van der Waals surface area contributed by atoms with E-state index in [9.17, 15) is 4.79 Å². The highest BCUT2D eigenvalue weighted by Crippen LogP contribution is 2.30. The summed E-state index contributed by atoms with van der Waals surface area (Å²) >= 11 is 0. The first kappa shape index (κ1) is 14.6. The molecule has 0 N–H and O–H groups in total. The molecule has 1 aromatic carbocycles. The zero-order valence-electron chi connectivity index (χ0n) is 13.5. The van der Waals surface area contributed by atoms with Gasteiger partial charge < -0.3 is 9.80 Å². The summed E-state index contributed by atoms with van der Waals surface area (Å²) in [4.78, 5) is 26.3. The summed E-state index contributed by atoms with van der Waals surface area (Å²) < 4.78 is 0. The number of likely N-dealkylation sites (N-methyl/N-ethyl adjacent to an activating group) is 1. The van der Waals surface area contributed by atoms with E-state index in [1.54, 1.807) is 6.20 Å². The first-order valence-corrected chi connectivity index (χ1v) is 8.47. The average molecular weight is 310 g/mol. The van der Waals surface area contributed by atoms with Crippen molar-refractivity contribution in [1.82, 2.24) is 19.8 Å². The number of nitrogens with zero attached hydrogens (tertiary/aromatic N) is 4. The number of likely N-dealkylation sites (tertiary alicyclic amines) is 2. The molecule has 5 nitrogen and oxygen atoms in total. The van der Waals surface area contributed by atoms with Crippen LogP contribution in [0.2, 0.25) is 0 Å². The van der Waals surface area contributed by atoms with Crippen LogP contribution in [0.15, 0.2) is 30.5 Å². The fourth-order valence-electron chi connectivity index (χ4n) is 4.07. The number of para-hydroxylation sites is 2. The number of aromatic nitrogens is 2. The fourth-order valence-corrected chi connectivity index (χ4v) is 4.07. The molecule has 5 heteroatoms. The molecule has 0 saturated carbocycles. The summed E-state index contributed by atoms with van der Waals surface area (Å²) in [7, 11) is 2.18. The van der Waals surface area contributed by atoms with Crippen LogP contribution >= 0.6 is 0 Å². The molecule has 23 heavy (non-hydrogen) atoms. The minimum Gasteiger partial charge on any atom is -0.333 e. The van der Waals surface area contributed by atoms with Crippen LogP contribution in [0, 0.1) is 0 Å². The van der Waals surface area contributed by atoms with Gasteiger partial charge in [-0.25, -0.2) is 4.98 Å². The molecule has 2 fully saturated rings. The van der Waals surface area contributed by atoms with Gasteiger partial charge in [0.2, 0.25) is 0 Å². The maximum Gasteiger partial charge on any atom is 0.274 e. The molecule has 2 aliphatic rings. The molecule has 4 rings (SSSR count). The van der Waals surface area contributed by atoms with E-state index in [-0.39, 0.29) is 5.91 Å². The molecule has 0 unspecified atom stereocenters. The summed E-state index contributed by atoms with van der Waals surface area (Å²) in [5.41, 5.74) is 2.08. The Balaban J connectivity index is 1.61. The number of carbonyl (C=O) groups is 1. The van der Waals surface area contributed by atoms with Gasteiger partial charge in [0.05, 0.1) is 17.2 Å². The van der Waals surface area contributed by atoms with Crippen molar-refractivity contribution in [1.29, 1.82) is 0 Å². The smallest absolute Gasteiger partial charge is 0.274 e. The van der Waals surface area contributed by atoms with Crippen LogP contribution < -0.4 is 0 Å². The molecule has 2 aromatic rings. The van der Waals surface area contributed by atoms with Gasteiger partial charge in [0, 0.05) is 18.6 Å². The van der Waals surface area contributed by atoms with Crippen molar-refractivity contribution < 1.29 is 4.79 Å². The zero-order chi connectivity index (χ0) is 15.8. The predicted molar refractivity (Wildman–Crippen MR) is 89.2 cm³/mol. The van der Waals surface area contributed by atoms with Gasteiger partial charge in [-0.3, -0.25) is 9.78 Å². The minimum absolute atomic E-state index is 0.0334. The SMILES string of the molecule is CN1CCC[C@H]1[C@H]1CCCN1C(=O)c1cnc2ccccc2n1. The molecule has 120 valence electrons.